The molecule has 0 atom stereocenters. The summed E-state index contributed by atoms with van der Waals surface area (Å²) in [4.78, 5) is 0. The van der Waals surface area contributed by atoms with Gasteiger partial charge in [0.25, 0.3) is 0 Å². The number of morpholine rings is 1. The Morgan fingerprint density at radius 3 is 2.16 bits per heavy atom. The van der Waals surface area contributed by atoms with Crippen LogP contribution < -0.4 is 4.72 Å². The third kappa shape index (κ3) is 3.26. The van der Waals surface area contributed by atoms with Gasteiger partial charge in [-0.05, 0) is 31.9 Å². The van der Waals surface area contributed by atoms with Crippen molar-refractivity contribution in [2.45, 2.75) is 20.8 Å². The van der Waals surface area contributed by atoms with Gasteiger partial charge in [-0.3, -0.25) is 4.72 Å². The van der Waals surface area contributed by atoms with Crippen LogP contribution in [0.5, 0.6) is 0 Å². The van der Waals surface area contributed by atoms with Crippen molar-refractivity contribution in [3.8, 4) is 0 Å². The Kier molecular flexibility index (Phi) is 4.13. The van der Waals surface area contributed by atoms with E-state index < -0.39 is 10.2 Å². The lowest BCUT2D eigenvalue weighted by Crippen LogP contribution is -2.43. The molecule has 1 aromatic carbocycles. The van der Waals surface area contributed by atoms with Crippen molar-refractivity contribution in [3.05, 3.63) is 28.8 Å². The number of ether oxygens (including phenoxy) is 1. The molecular weight excluding hydrogens is 264 g/mol. The third-order valence-electron chi connectivity index (χ3n) is 3.22. The van der Waals surface area contributed by atoms with E-state index in [1.54, 1.807) is 0 Å². The second-order valence-electron chi connectivity index (χ2n) is 4.89. The standard InChI is InChI=1S/C13H20N2O3S/c1-10-8-11(2)13(12(3)9-10)14-19(16,17)15-4-6-18-7-5-15/h8-9,14H,4-7H2,1-3H3. The van der Waals surface area contributed by atoms with E-state index in [4.69, 9.17) is 4.74 Å². The van der Waals surface area contributed by atoms with Gasteiger partial charge in [-0.2, -0.15) is 12.7 Å². The van der Waals surface area contributed by atoms with Gasteiger partial charge < -0.3 is 4.74 Å². The first kappa shape index (κ1) is 14.3. The number of aryl methyl sites for hydroxylation is 3. The van der Waals surface area contributed by atoms with Crippen molar-refractivity contribution in [3.63, 3.8) is 0 Å². The van der Waals surface area contributed by atoms with Crippen LogP contribution in [-0.2, 0) is 14.9 Å². The van der Waals surface area contributed by atoms with Gasteiger partial charge in [-0.15, -0.1) is 0 Å². The molecule has 0 bridgehead atoms. The molecule has 0 spiro atoms. The minimum absolute atomic E-state index is 0.402. The van der Waals surface area contributed by atoms with Crippen LogP contribution in [0.25, 0.3) is 0 Å². The molecule has 1 aliphatic heterocycles. The molecule has 0 saturated carbocycles. The van der Waals surface area contributed by atoms with Crippen molar-refractivity contribution in [2.24, 2.45) is 0 Å². The van der Waals surface area contributed by atoms with E-state index in [1.807, 2.05) is 32.9 Å². The van der Waals surface area contributed by atoms with Gasteiger partial charge in [0.15, 0.2) is 0 Å². The molecule has 1 fully saturated rings. The summed E-state index contributed by atoms with van der Waals surface area (Å²) >= 11 is 0. The molecule has 0 radical (unpaired) electrons. The van der Waals surface area contributed by atoms with E-state index in [1.165, 1.54) is 4.31 Å². The van der Waals surface area contributed by atoms with Crippen molar-refractivity contribution < 1.29 is 13.2 Å². The van der Waals surface area contributed by atoms with E-state index in [0.29, 0.717) is 32.0 Å². The second kappa shape index (κ2) is 5.48. The summed E-state index contributed by atoms with van der Waals surface area (Å²) in [6.45, 7) is 7.53. The molecule has 1 N–H and O–H groups in total. The van der Waals surface area contributed by atoms with Crippen LogP contribution in [-0.4, -0.2) is 39.0 Å². The van der Waals surface area contributed by atoms with Gasteiger partial charge in [-0.25, -0.2) is 0 Å². The van der Waals surface area contributed by atoms with Crippen LogP contribution in [0.15, 0.2) is 12.1 Å². The molecule has 1 heterocycles. The zero-order valence-corrected chi connectivity index (χ0v) is 12.4. The first-order valence-electron chi connectivity index (χ1n) is 6.33. The molecule has 1 aliphatic rings. The molecule has 0 aromatic heterocycles. The fraction of sp³-hybridized carbons (Fsp3) is 0.538. The molecule has 6 heteroatoms. The smallest absolute Gasteiger partial charge is 0.301 e. The number of anilines is 1. The Morgan fingerprint density at radius 2 is 1.63 bits per heavy atom. The molecule has 1 saturated heterocycles. The zero-order valence-electron chi connectivity index (χ0n) is 11.6. The SMILES string of the molecule is Cc1cc(C)c(NS(=O)(=O)N2CCOCC2)c(C)c1. The van der Waals surface area contributed by atoms with Crippen molar-refractivity contribution >= 4 is 15.9 Å². The van der Waals surface area contributed by atoms with Gasteiger partial charge in [0.1, 0.15) is 0 Å². The summed E-state index contributed by atoms with van der Waals surface area (Å²) < 4.78 is 33.9. The highest BCUT2D eigenvalue weighted by Gasteiger charge is 2.25. The highest BCUT2D eigenvalue weighted by Crippen LogP contribution is 2.24. The topological polar surface area (TPSA) is 58.6 Å². The number of benzene rings is 1. The third-order valence-corrected chi connectivity index (χ3v) is 4.73. The average Bonchev–Trinajstić information content (AvgIpc) is 2.35. The monoisotopic (exact) mass is 284 g/mol. The van der Waals surface area contributed by atoms with Gasteiger partial charge in [0.2, 0.25) is 0 Å². The molecule has 106 valence electrons. The van der Waals surface area contributed by atoms with Crippen molar-refractivity contribution in [2.75, 3.05) is 31.0 Å². The largest absolute Gasteiger partial charge is 0.379 e. The van der Waals surface area contributed by atoms with Gasteiger partial charge in [0.05, 0.1) is 18.9 Å². The van der Waals surface area contributed by atoms with Crippen LogP contribution in [0.4, 0.5) is 5.69 Å². The molecule has 5 nitrogen and oxygen atoms in total. The van der Waals surface area contributed by atoms with E-state index in [-0.39, 0.29) is 0 Å². The zero-order chi connectivity index (χ0) is 14.0. The minimum atomic E-state index is -3.49. The number of nitrogens with zero attached hydrogens (tertiary/aromatic N) is 1. The summed E-state index contributed by atoms with van der Waals surface area (Å²) in [7, 11) is -3.49. The van der Waals surface area contributed by atoms with Gasteiger partial charge in [0, 0.05) is 13.1 Å². The van der Waals surface area contributed by atoms with Crippen LogP contribution in [0, 0.1) is 20.8 Å². The number of hydrogen-bond donors (Lipinski definition) is 1. The molecule has 1 aromatic rings. The maximum Gasteiger partial charge on any atom is 0.301 e. The minimum Gasteiger partial charge on any atom is -0.379 e. The Bertz CT molecular complexity index is 540. The summed E-state index contributed by atoms with van der Waals surface area (Å²) in [6.07, 6.45) is 0. The predicted octanol–water partition coefficient (Wildman–Crippen LogP) is 1.60. The van der Waals surface area contributed by atoms with E-state index >= 15 is 0 Å². The lowest BCUT2D eigenvalue weighted by Gasteiger charge is -2.27. The van der Waals surface area contributed by atoms with Crippen molar-refractivity contribution in [1.29, 1.82) is 0 Å². The van der Waals surface area contributed by atoms with Crippen LogP contribution >= 0.6 is 0 Å². The molecular formula is C13H20N2O3S. The summed E-state index contributed by atoms with van der Waals surface area (Å²) in [5, 5.41) is 0. The highest BCUT2D eigenvalue weighted by atomic mass is 32.2. The molecule has 0 aliphatic carbocycles. The predicted molar refractivity (Wildman–Crippen MR) is 75.6 cm³/mol. The summed E-state index contributed by atoms with van der Waals surface area (Å²) in [6, 6.07) is 3.95. The molecule has 19 heavy (non-hydrogen) atoms. The van der Waals surface area contributed by atoms with Gasteiger partial charge >= 0.3 is 10.2 Å². The maximum absolute atomic E-state index is 12.3. The fourth-order valence-corrected chi connectivity index (χ4v) is 3.66. The Morgan fingerprint density at radius 1 is 1.11 bits per heavy atom. The van der Waals surface area contributed by atoms with Gasteiger partial charge in [-0.1, -0.05) is 17.7 Å². The first-order valence-corrected chi connectivity index (χ1v) is 7.77. The summed E-state index contributed by atoms with van der Waals surface area (Å²) in [5.74, 6) is 0. The Labute approximate surface area is 114 Å². The molecule has 0 amide bonds. The van der Waals surface area contributed by atoms with Crippen LogP contribution in [0.1, 0.15) is 16.7 Å². The first-order chi connectivity index (χ1) is 8.90. The summed E-state index contributed by atoms with van der Waals surface area (Å²) in [5.41, 5.74) is 3.69. The van der Waals surface area contributed by atoms with Crippen LogP contribution in [0.2, 0.25) is 0 Å². The number of nitrogens with one attached hydrogen (secondary N) is 1. The highest BCUT2D eigenvalue weighted by molar-refractivity contribution is 7.90. The maximum atomic E-state index is 12.3. The number of rotatable bonds is 3. The quantitative estimate of drug-likeness (QED) is 0.917. The van der Waals surface area contributed by atoms with Crippen LogP contribution in [0.3, 0.4) is 0 Å². The normalized spacial score (nSPS) is 17.4. The lowest BCUT2D eigenvalue weighted by atomic mass is 10.1. The van der Waals surface area contributed by atoms with E-state index in [2.05, 4.69) is 4.72 Å². The van der Waals surface area contributed by atoms with E-state index in [0.717, 1.165) is 16.7 Å². The Balaban J connectivity index is 2.25. The number of hydrogen-bond acceptors (Lipinski definition) is 3. The lowest BCUT2D eigenvalue weighted by molar-refractivity contribution is 0.0733. The molecule has 2 rings (SSSR count). The Hall–Kier alpha value is -1.11. The molecule has 0 unspecified atom stereocenters. The average molecular weight is 284 g/mol. The fourth-order valence-electron chi connectivity index (χ4n) is 2.32. The van der Waals surface area contributed by atoms with E-state index in [9.17, 15) is 8.42 Å². The second-order valence-corrected chi connectivity index (χ2v) is 6.56. The van der Waals surface area contributed by atoms with Crippen molar-refractivity contribution in [1.82, 2.24) is 4.31 Å².